The number of hydrogen-bond donors (Lipinski definition) is 0. The fraction of sp³-hybridized carbons (Fsp3) is 0.154. The summed E-state index contributed by atoms with van der Waals surface area (Å²) in [5, 5.41) is 0. The Bertz CT molecular complexity index is 877. The van der Waals surface area contributed by atoms with Crippen LogP contribution in [0.1, 0.15) is 23.1 Å². The first-order valence-corrected chi connectivity index (χ1v) is 14.6. The fourth-order valence-electron chi connectivity index (χ4n) is 4.19. The van der Waals surface area contributed by atoms with E-state index in [0.717, 1.165) is 6.42 Å². The molecule has 0 atom stereocenters. The van der Waals surface area contributed by atoms with Gasteiger partial charge in [-0.1, -0.05) is 0 Å². The molecule has 4 rings (SSSR count). The van der Waals surface area contributed by atoms with Gasteiger partial charge in [0.15, 0.2) is 0 Å². The average molecular weight is 430 g/mol. The van der Waals surface area contributed by atoms with Gasteiger partial charge in [0.2, 0.25) is 0 Å². The van der Waals surface area contributed by atoms with Gasteiger partial charge in [-0.05, 0) is 0 Å². The Kier molecular flexibility index (Phi) is 5.15. The fourth-order valence-corrected chi connectivity index (χ4v) is 16.2. The van der Waals surface area contributed by atoms with Gasteiger partial charge in [-0.3, -0.25) is 0 Å². The van der Waals surface area contributed by atoms with E-state index < -0.39 is 20.3 Å². The van der Waals surface area contributed by atoms with Gasteiger partial charge >= 0.3 is 168 Å². The van der Waals surface area contributed by atoms with Gasteiger partial charge in [0.1, 0.15) is 0 Å². The maximum atomic E-state index is 2.40. The van der Waals surface area contributed by atoms with Crippen LogP contribution in [0.5, 0.6) is 0 Å². The summed E-state index contributed by atoms with van der Waals surface area (Å²) in [4.78, 5) is 0. The third kappa shape index (κ3) is 3.34. The topological polar surface area (TPSA) is 0 Å². The van der Waals surface area contributed by atoms with E-state index in [4.69, 9.17) is 0 Å². The van der Waals surface area contributed by atoms with Crippen molar-refractivity contribution >= 4 is 9.81 Å². The van der Waals surface area contributed by atoms with Crippen molar-refractivity contribution in [3.05, 3.63) is 111 Å². The van der Waals surface area contributed by atoms with Gasteiger partial charge < -0.3 is 0 Å². The van der Waals surface area contributed by atoms with Crippen molar-refractivity contribution < 1.29 is 20.3 Å². The molecular weight excluding hydrogens is 404 g/mol. The monoisotopic (exact) mass is 428 g/mol. The molecule has 0 aromatic heterocycles. The van der Waals surface area contributed by atoms with E-state index in [1.54, 1.807) is 3.28 Å². The van der Waals surface area contributed by atoms with Gasteiger partial charge in [0, 0.05) is 0 Å². The summed E-state index contributed by atoms with van der Waals surface area (Å²) in [6.45, 7) is 6.53. The van der Waals surface area contributed by atoms with Crippen LogP contribution in [-0.4, -0.2) is 0 Å². The third-order valence-electron chi connectivity index (χ3n) is 5.71. The second-order valence-corrected chi connectivity index (χ2v) is 17.2. The zero-order valence-electron chi connectivity index (χ0n) is 16.4. The van der Waals surface area contributed by atoms with Crippen molar-refractivity contribution in [1.82, 2.24) is 0 Å². The zero-order valence-corrected chi connectivity index (χ0v) is 18.8. The van der Waals surface area contributed by atoms with E-state index >= 15 is 0 Å². The molecule has 0 spiro atoms. The number of allylic oxidation sites excluding steroid dienone is 4. The van der Waals surface area contributed by atoms with Crippen molar-refractivity contribution in [3.8, 4) is 0 Å². The van der Waals surface area contributed by atoms with Crippen LogP contribution in [0.2, 0.25) is 0 Å². The Morgan fingerprint density at radius 2 is 0.926 bits per heavy atom. The molecule has 0 radical (unpaired) electrons. The maximum absolute atomic E-state index is 3.28. The van der Waals surface area contributed by atoms with Crippen LogP contribution in [0.15, 0.2) is 94.3 Å². The van der Waals surface area contributed by atoms with Crippen LogP contribution in [0, 0.1) is 20.8 Å². The molecule has 3 aromatic rings. The molecule has 27 heavy (non-hydrogen) atoms. The SMILES string of the molecule is Cc1cc[c]([Zr]([C]2=CC=CC2)([c]2ccc(C)cc2)[c]2ccc(C)cc2)cc1. The van der Waals surface area contributed by atoms with Crippen LogP contribution in [0.3, 0.4) is 0 Å². The Morgan fingerprint density at radius 3 is 1.22 bits per heavy atom. The Balaban J connectivity index is 2.06. The number of benzene rings is 3. The van der Waals surface area contributed by atoms with Gasteiger partial charge in [0.05, 0.1) is 0 Å². The van der Waals surface area contributed by atoms with Crippen molar-refractivity contribution in [3.63, 3.8) is 0 Å². The summed E-state index contributed by atoms with van der Waals surface area (Å²) < 4.78 is 6.26. The van der Waals surface area contributed by atoms with Gasteiger partial charge in [-0.25, -0.2) is 0 Å². The van der Waals surface area contributed by atoms with Crippen molar-refractivity contribution in [2.24, 2.45) is 0 Å². The van der Waals surface area contributed by atoms with E-state index in [0.29, 0.717) is 0 Å². The first-order chi connectivity index (χ1) is 13.1. The summed E-state index contributed by atoms with van der Waals surface area (Å²) >= 11 is -3.28. The van der Waals surface area contributed by atoms with Gasteiger partial charge in [-0.15, -0.1) is 0 Å². The van der Waals surface area contributed by atoms with Crippen LogP contribution in [0.25, 0.3) is 0 Å². The summed E-state index contributed by atoms with van der Waals surface area (Å²) in [6, 6.07) is 28.1. The third-order valence-corrected chi connectivity index (χ3v) is 17.8. The first-order valence-electron chi connectivity index (χ1n) is 9.68. The molecule has 0 bridgehead atoms. The molecule has 1 heteroatoms. The molecule has 134 valence electrons. The molecule has 0 heterocycles. The Hall–Kier alpha value is -1.98. The van der Waals surface area contributed by atoms with Crippen LogP contribution < -0.4 is 9.81 Å². The van der Waals surface area contributed by atoms with Crippen molar-refractivity contribution in [2.45, 2.75) is 27.2 Å². The van der Waals surface area contributed by atoms with Gasteiger partial charge in [0.25, 0.3) is 0 Å². The van der Waals surface area contributed by atoms with Crippen LogP contribution in [0.4, 0.5) is 0 Å². The quantitative estimate of drug-likeness (QED) is 0.554. The number of aryl methyl sites for hydroxylation is 3. The molecule has 0 nitrogen and oxygen atoms in total. The molecule has 3 aromatic carbocycles. The van der Waals surface area contributed by atoms with E-state index in [9.17, 15) is 0 Å². The first kappa shape index (κ1) is 18.4. The van der Waals surface area contributed by atoms with Crippen molar-refractivity contribution in [1.29, 1.82) is 0 Å². The standard InChI is InChI=1S/3C7H7.C5H5.Zr/c3*1-7-5-3-2-4-6-7;1-2-4-5-3-1;/h3*3-6H,1H3;1-3H,4H2;. The molecule has 0 unspecified atom stereocenters. The van der Waals surface area contributed by atoms with E-state index in [1.807, 2.05) is 0 Å². The molecular formula is C26H26Zr. The van der Waals surface area contributed by atoms with E-state index in [1.165, 1.54) is 26.5 Å². The Labute approximate surface area is 167 Å². The second kappa shape index (κ2) is 7.57. The molecule has 0 fully saturated rings. The number of rotatable bonds is 4. The minimum absolute atomic E-state index is 1.08. The van der Waals surface area contributed by atoms with E-state index in [-0.39, 0.29) is 0 Å². The van der Waals surface area contributed by atoms with Crippen LogP contribution >= 0.6 is 0 Å². The summed E-state index contributed by atoms with van der Waals surface area (Å²) in [7, 11) is 0. The van der Waals surface area contributed by atoms with Crippen LogP contribution in [-0.2, 0) is 20.3 Å². The molecule has 0 N–H and O–H groups in total. The predicted octanol–water partition coefficient (Wildman–Crippen LogP) is 4.89. The number of hydrogen-bond acceptors (Lipinski definition) is 0. The summed E-state index contributed by atoms with van der Waals surface area (Å²) in [5.41, 5.74) is 3.97. The second-order valence-electron chi connectivity index (χ2n) is 7.67. The minimum atomic E-state index is -3.28. The van der Waals surface area contributed by atoms with E-state index in [2.05, 4.69) is 112 Å². The average Bonchev–Trinajstić information content (AvgIpc) is 3.21. The molecule has 0 amide bonds. The molecule has 1 aliphatic carbocycles. The predicted molar refractivity (Wildman–Crippen MR) is 114 cm³/mol. The van der Waals surface area contributed by atoms with Crippen molar-refractivity contribution in [2.75, 3.05) is 0 Å². The molecule has 0 saturated carbocycles. The summed E-state index contributed by atoms with van der Waals surface area (Å²) in [5.74, 6) is 0. The Morgan fingerprint density at radius 1 is 0.556 bits per heavy atom. The normalized spacial score (nSPS) is 13.7. The molecule has 0 saturated heterocycles. The molecule has 1 aliphatic rings. The zero-order chi connectivity index (χ0) is 18.9. The summed E-state index contributed by atoms with van der Waals surface area (Å²) in [6.07, 6.45) is 8.04. The van der Waals surface area contributed by atoms with Gasteiger partial charge in [-0.2, -0.15) is 0 Å². The molecule has 0 aliphatic heterocycles.